The fraction of sp³-hybridized carbons (Fsp3) is 0.818. The molecule has 1 aliphatic heterocycles. The van der Waals surface area contributed by atoms with Crippen molar-refractivity contribution in [2.75, 3.05) is 6.61 Å². The van der Waals surface area contributed by atoms with Crippen molar-refractivity contribution in [3.05, 3.63) is 12.2 Å². The first-order valence-electron chi connectivity index (χ1n) is 5.22. The van der Waals surface area contributed by atoms with E-state index < -0.39 is 11.7 Å². The minimum absolute atomic E-state index is 0.0171. The van der Waals surface area contributed by atoms with Crippen LogP contribution in [0.25, 0.3) is 0 Å². The molecule has 1 aliphatic rings. The Morgan fingerprint density at radius 1 is 1.71 bits per heavy atom. The highest BCUT2D eigenvalue weighted by molar-refractivity contribution is 5.09. The zero-order chi connectivity index (χ0) is 10.8. The molecule has 0 amide bonds. The minimum Gasteiger partial charge on any atom is -0.394 e. The van der Waals surface area contributed by atoms with Gasteiger partial charge >= 0.3 is 0 Å². The van der Waals surface area contributed by atoms with Crippen LogP contribution in [0.3, 0.4) is 0 Å². The first-order valence-corrected chi connectivity index (χ1v) is 5.22. The second kappa shape index (κ2) is 4.41. The van der Waals surface area contributed by atoms with Gasteiger partial charge in [-0.05, 0) is 19.8 Å². The normalized spacial score (nSPS) is 37.4. The maximum atomic E-state index is 13.4. The van der Waals surface area contributed by atoms with Gasteiger partial charge in [-0.3, -0.25) is 0 Å². The molecule has 0 saturated carbocycles. The lowest BCUT2D eigenvalue weighted by Gasteiger charge is -2.28. The molecule has 1 heterocycles. The van der Waals surface area contributed by atoms with E-state index in [0.717, 1.165) is 12.0 Å². The molecule has 1 saturated heterocycles. The Balaban J connectivity index is 2.64. The molecule has 0 aromatic carbocycles. The molecule has 0 aliphatic carbocycles. The van der Waals surface area contributed by atoms with Crippen LogP contribution in [-0.2, 0) is 0 Å². The summed E-state index contributed by atoms with van der Waals surface area (Å²) in [6.45, 7) is 7.73. The van der Waals surface area contributed by atoms with E-state index in [1.165, 1.54) is 0 Å². The van der Waals surface area contributed by atoms with E-state index in [1.807, 2.05) is 13.8 Å². The SMILES string of the molecule is C=C(CC)CC1(CO)CC(F)C(C)N1. The molecule has 0 aromatic rings. The molecule has 3 atom stereocenters. The van der Waals surface area contributed by atoms with Crippen LogP contribution in [0, 0.1) is 0 Å². The van der Waals surface area contributed by atoms with Crippen molar-refractivity contribution in [2.45, 2.75) is 50.9 Å². The van der Waals surface area contributed by atoms with Gasteiger partial charge in [0.1, 0.15) is 6.17 Å². The summed E-state index contributed by atoms with van der Waals surface area (Å²) in [4.78, 5) is 0. The summed E-state index contributed by atoms with van der Waals surface area (Å²) in [6.07, 6.45) is 1.09. The van der Waals surface area contributed by atoms with Crippen LogP contribution in [0.15, 0.2) is 12.2 Å². The van der Waals surface area contributed by atoms with Gasteiger partial charge in [0.05, 0.1) is 6.61 Å². The number of halogens is 1. The van der Waals surface area contributed by atoms with Crippen LogP contribution in [0.2, 0.25) is 0 Å². The molecule has 1 rings (SSSR count). The molecule has 82 valence electrons. The highest BCUT2D eigenvalue weighted by Gasteiger charge is 2.42. The number of hydrogen-bond donors (Lipinski definition) is 2. The zero-order valence-corrected chi connectivity index (χ0v) is 9.02. The number of hydrogen-bond acceptors (Lipinski definition) is 2. The van der Waals surface area contributed by atoms with Crippen molar-refractivity contribution in [1.29, 1.82) is 0 Å². The maximum absolute atomic E-state index is 13.4. The Kier molecular flexibility index (Phi) is 3.67. The van der Waals surface area contributed by atoms with E-state index in [-0.39, 0.29) is 12.6 Å². The Labute approximate surface area is 85.2 Å². The molecule has 14 heavy (non-hydrogen) atoms. The molecule has 0 bridgehead atoms. The highest BCUT2D eigenvalue weighted by atomic mass is 19.1. The smallest absolute Gasteiger partial charge is 0.117 e. The van der Waals surface area contributed by atoms with Crippen LogP contribution < -0.4 is 5.32 Å². The molecule has 2 nitrogen and oxygen atoms in total. The molecule has 1 fully saturated rings. The molecule has 0 spiro atoms. The molecule has 2 N–H and O–H groups in total. The predicted molar refractivity (Wildman–Crippen MR) is 56.0 cm³/mol. The van der Waals surface area contributed by atoms with Gasteiger partial charge in [0.2, 0.25) is 0 Å². The topological polar surface area (TPSA) is 32.3 Å². The fourth-order valence-electron chi connectivity index (χ4n) is 2.08. The standard InChI is InChI=1S/C11H20FNO/c1-4-8(2)5-11(7-14)6-10(12)9(3)13-11/h9-10,13-14H,2,4-7H2,1,3H3. The average Bonchev–Trinajstić information content (AvgIpc) is 2.43. The number of aliphatic hydroxyl groups is 1. The van der Waals surface area contributed by atoms with E-state index >= 15 is 0 Å². The Morgan fingerprint density at radius 2 is 2.36 bits per heavy atom. The monoisotopic (exact) mass is 201 g/mol. The molecule has 0 aromatic heterocycles. The second-order valence-electron chi connectivity index (χ2n) is 4.37. The lowest BCUT2D eigenvalue weighted by molar-refractivity contribution is 0.168. The largest absolute Gasteiger partial charge is 0.394 e. The van der Waals surface area contributed by atoms with Crippen molar-refractivity contribution in [1.82, 2.24) is 5.32 Å². The summed E-state index contributed by atoms with van der Waals surface area (Å²) in [7, 11) is 0. The predicted octanol–water partition coefficient (Wildman–Crippen LogP) is 1.79. The maximum Gasteiger partial charge on any atom is 0.117 e. The molecule has 0 radical (unpaired) electrons. The third kappa shape index (κ3) is 2.34. The first-order chi connectivity index (χ1) is 6.53. The van der Waals surface area contributed by atoms with Gasteiger partial charge in [0, 0.05) is 18.0 Å². The lowest BCUT2D eigenvalue weighted by Crippen LogP contribution is -2.45. The Bertz CT molecular complexity index is 207. The van der Waals surface area contributed by atoms with Gasteiger partial charge in [0.15, 0.2) is 0 Å². The van der Waals surface area contributed by atoms with Crippen molar-refractivity contribution in [2.24, 2.45) is 0 Å². The van der Waals surface area contributed by atoms with E-state index in [2.05, 4.69) is 11.9 Å². The summed E-state index contributed by atoms with van der Waals surface area (Å²) in [5.41, 5.74) is 0.596. The van der Waals surface area contributed by atoms with E-state index in [9.17, 15) is 9.50 Å². The molecule has 3 unspecified atom stereocenters. The number of alkyl halides is 1. The fourth-order valence-corrected chi connectivity index (χ4v) is 2.08. The molecular formula is C11H20FNO. The zero-order valence-electron chi connectivity index (χ0n) is 9.02. The summed E-state index contributed by atoms with van der Waals surface area (Å²) in [6, 6.07) is -0.160. The van der Waals surface area contributed by atoms with E-state index in [0.29, 0.717) is 12.8 Å². The third-order valence-electron chi connectivity index (χ3n) is 3.05. The first kappa shape index (κ1) is 11.7. The minimum atomic E-state index is -0.855. The van der Waals surface area contributed by atoms with E-state index in [1.54, 1.807) is 0 Å². The molecule has 3 heteroatoms. The van der Waals surface area contributed by atoms with E-state index in [4.69, 9.17) is 0 Å². The van der Waals surface area contributed by atoms with Crippen LogP contribution in [0.4, 0.5) is 4.39 Å². The van der Waals surface area contributed by atoms with Gasteiger partial charge < -0.3 is 10.4 Å². The van der Waals surface area contributed by atoms with Gasteiger partial charge in [-0.25, -0.2) is 4.39 Å². The Morgan fingerprint density at radius 3 is 2.71 bits per heavy atom. The summed E-state index contributed by atoms with van der Waals surface area (Å²) in [5.74, 6) is 0. The number of aliphatic hydroxyl groups excluding tert-OH is 1. The van der Waals surface area contributed by atoms with Gasteiger partial charge in [-0.1, -0.05) is 19.1 Å². The van der Waals surface area contributed by atoms with Crippen LogP contribution in [0.5, 0.6) is 0 Å². The lowest BCUT2D eigenvalue weighted by atomic mass is 9.89. The summed E-state index contributed by atoms with van der Waals surface area (Å²) >= 11 is 0. The number of rotatable bonds is 4. The van der Waals surface area contributed by atoms with Crippen LogP contribution >= 0.6 is 0 Å². The van der Waals surface area contributed by atoms with Crippen LogP contribution in [0.1, 0.15) is 33.1 Å². The van der Waals surface area contributed by atoms with Gasteiger partial charge in [0.25, 0.3) is 0 Å². The average molecular weight is 201 g/mol. The van der Waals surface area contributed by atoms with Crippen molar-refractivity contribution >= 4 is 0 Å². The quantitative estimate of drug-likeness (QED) is 0.680. The summed E-state index contributed by atoms with van der Waals surface area (Å²) < 4.78 is 13.4. The summed E-state index contributed by atoms with van der Waals surface area (Å²) in [5, 5.41) is 12.5. The third-order valence-corrected chi connectivity index (χ3v) is 3.05. The second-order valence-corrected chi connectivity index (χ2v) is 4.37. The number of nitrogens with one attached hydrogen (secondary N) is 1. The van der Waals surface area contributed by atoms with Crippen molar-refractivity contribution in [3.8, 4) is 0 Å². The Hall–Kier alpha value is -0.410. The molecular weight excluding hydrogens is 181 g/mol. The van der Waals surface area contributed by atoms with Crippen LogP contribution in [-0.4, -0.2) is 29.5 Å². The van der Waals surface area contributed by atoms with Crippen molar-refractivity contribution in [3.63, 3.8) is 0 Å². The highest BCUT2D eigenvalue weighted by Crippen LogP contribution is 2.31. The van der Waals surface area contributed by atoms with Gasteiger partial charge in [-0.2, -0.15) is 0 Å². The van der Waals surface area contributed by atoms with Gasteiger partial charge in [-0.15, -0.1) is 0 Å². The van der Waals surface area contributed by atoms with Crippen molar-refractivity contribution < 1.29 is 9.50 Å².